The minimum atomic E-state index is 0.245. The Morgan fingerprint density at radius 2 is 2.27 bits per heavy atom. The van der Waals surface area contributed by atoms with E-state index in [1.807, 2.05) is 6.92 Å². The summed E-state index contributed by atoms with van der Waals surface area (Å²) in [6, 6.07) is 0.245. The average molecular weight is 153 g/mol. The van der Waals surface area contributed by atoms with E-state index in [-0.39, 0.29) is 6.04 Å². The van der Waals surface area contributed by atoms with E-state index in [0.717, 1.165) is 5.92 Å². The molecule has 2 N–H and O–H groups in total. The molecule has 1 heteroatoms. The second-order valence-electron chi connectivity index (χ2n) is 3.77. The number of allylic oxidation sites excluding steroid dienone is 1. The van der Waals surface area contributed by atoms with Crippen LogP contribution in [0.25, 0.3) is 0 Å². The Kier molecular flexibility index (Phi) is 3.13. The summed E-state index contributed by atoms with van der Waals surface area (Å²) in [5, 5.41) is 0. The summed E-state index contributed by atoms with van der Waals surface area (Å²) in [5.41, 5.74) is 7.06. The topological polar surface area (TPSA) is 26.0 Å². The summed E-state index contributed by atoms with van der Waals surface area (Å²) in [7, 11) is 0. The molecule has 1 saturated carbocycles. The summed E-state index contributed by atoms with van der Waals surface area (Å²) in [6.45, 7) is 4.18. The molecule has 0 aromatic carbocycles. The Labute approximate surface area is 69.7 Å². The molecule has 0 spiro atoms. The first-order valence-corrected chi connectivity index (χ1v) is 4.62. The largest absolute Gasteiger partial charge is 0.324 e. The highest BCUT2D eigenvalue weighted by atomic mass is 14.6. The van der Waals surface area contributed by atoms with Gasteiger partial charge in [0, 0.05) is 6.04 Å². The highest BCUT2D eigenvalue weighted by Crippen LogP contribution is 2.29. The molecule has 0 bridgehead atoms. The van der Waals surface area contributed by atoms with Gasteiger partial charge in [0.25, 0.3) is 0 Å². The fourth-order valence-electron chi connectivity index (χ4n) is 1.27. The van der Waals surface area contributed by atoms with Crippen molar-refractivity contribution in [3.63, 3.8) is 0 Å². The Morgan fingerprint density at radius 1 is 1.64 bits per heavy atom. The second-order valence-corrected chi connectivity index (χ2v) is 3.77. The maximum atomic E-state index is 5.71. The maximum Gasteiger partial charge on any atom is 0.0222 e. The van der Waals surface area contributed by atoms with Gasteiger partial charge in [-0.2, -0.15) is 0 Å². The van der Waals surface area contributed by atoms with Crippen molar-refractivity contribution in [3.05, 3.63) is 11.6 Å². The molecule has 0 aromatic rings. The van der Waals surface area contributed by atoms with Gasteiger partial charge in [-0.3, -0.25) is 0 Å². The predicted molar refractivity (Wildman–Crippen MR) is 49.4 cm³/mol. The van der Waals surface area contributed by atoms with Crippen LogP contribution in [0.4, 0.5) is 0 Å². The number of hydrogen-bond acceptors (Lipinski definition) is 1. The van der Waals surface area contributed by atoms with Crippen molar-refractivity contribution in [1.29, 1.82) is 0 Å². The summed E-state index contributed by atoms with van der Waals surface area (Å²) < 4.78 is 0. The van der Waals surface area contributed by atoms with Crippen LogP contribution in [-0.2, 0) is 0 Å². The van der Waals surface area contributed by atoms with Gasteiger partial charge in [-0.15, -0.1) is 0 Å². The lowest BCUT2D eigenvalue weighted by molar-refractivity contribution is 0.319. The first-order valence-electron chi connectivity index (χ1n) is 4.62. The number of nitrogens with two attached hydrogens (primary N) is 1. The summed E-state index contributed by atoms with van der Waals surface area (Å²) in [5.74, 6) is 0.976. The fraction of sp³-hybridized carbons (Fsp3) is 0.800. The van der Waals surface area contributed by atoms with Crippen LogP contribution in [0.1, 0.15) is 39.5 Å². The van der Waals surface area contributed by atoms with Crippen molar-refractivity contribution in [2.45, 2.75) is 45.6 Å². The lowest BCUT2D eigenvalue weighted by atomic mass is 9.82. The van der Waals surface area contributed by atoms with Gasteiger partial charge >= 0.3 is 0 Å². The van der Waals surface area contributed by atoms with Crippen LogP contribution in [0.15, 0.2) is 11.6 Å². The summed E-state index contributed by atoms with van der Waals surface area (Å²) >= 11 is 0. The Morgan fingerprint density at radius 3 is 2.64 bits per heavy atom. The number of rotatable bonds is 3. The zero-order valence-corrected chi connectivity index (χ0v) is 7.64. The molecule has 0 aliphatic heterocycles. The normalized spacial score (nSPS) is 23.0. The van der Waals surface area contributed by atoms with E-state index in [2.05, 4.69) is 13.0 Å². The lowest BCUT2D eigenvalue weighted by Crippen LogP contribution is -2.17. The van der Waals surface area contributed by atoms with Crippen LogP contribution in [-0.4, -0.2) is 6.04 Å². The van der Waals surface area contributed by atoms with Crippen LogP contribution in [0, 0.1) is 5.92 Å². The molecule has 0 saturated heterocycles. The SMILES string of the molecule is C/C(=C\CC1CCC1)C(C)N. The second kappa shape index (κ2) is 3.91. The van der Waals surface area contributed by atoms with Crippen molar-refractivity contribution in [1.82, 2.24) is 0 Å². The van der Waals surface area contributed by atoms with Gasteiger partial charge in [-0.1, -0.05) is 30.9 Å². The van der Waals surface area contributed by atoms with Crippen molar-refractivity contribution in [2.24, 2.45) is 11.7 Å². The minimum absolute atomic E-state index is 0.245. The molecule has 1 aliphatic carbocycles. The molecule has 64 valence electrons. The Bertz CT molecular complexity index is 143. The van der Waals surface area contributed by atoms with Crippen LogP contribution in [0.5, 0.6) is 0 Å². The summed E-state index contributed by atoms with van der Waals surface area (Å²) in [6.07, 6.45) is 7.88. The van der Waals surface area contributed by atoms with Gasteiger partial charge in [-0.05, 0) is 26.2 Å². The molecule has 1 aliphatic rings. The van der Waals surface area contributed by atoms with Crippen LogP contribution >= 0.6 is 0 Å². The van der Waals surface area contributed by atoms with Crippen LogP contribution < -0.4 is 5.73 Å². The molecule has 1 atom stereocenters. The predicted octanol–water partition coefficient (Wildman–Crippen LogP) is 2.47. The van der Waals surface area contributed by atoms with Crippen molar-refractivity contribution in [3.8, 4) is 0 Å². The van der Waals surface area contributed by atoms with Crippen LogP contribution in [0.3, 0.4) is 0 Å². The molecule has 0 radical (unpaired) electrons. The monoisotopic (exact) mass is 153 g/mol. The Hall–Kier alpha value is -0.300. The quantitative estimate of drug-likeness (QED) is 0.619. The van der Waals surface area contributed by atoms with Gasteiger partial charge < -0.3 is 5.73 Å². The van der Waals surface area contributed by atoms with E-state index in [1.165, 1.54) is 31.3 Å². The number of hydrogen-bond donors (Lipinski definition) is 1. The van der Waals surface area contributed by atoms with Crippen molar-refractivity contribution < 1.29 is 0 Å². The molecule has 11 heavy (non-hydrogen) atoms. The molecular weight excluding hydrogens is 134 g/mol. The van der Waals surface area contributed by atoms with Crippen molar-refractivity contribution >= 4 is 0 Å². The zero-order valence-electron chi connectivity index (χ0n) is 7.64. The van der Waals surface area contributed by atoms with Gasteiger partial charge in [0.05, 0.1) is 0 Å². The first-order chi connectivity index (χ1) is 5.20. The standard InChI is InChI=1S/C10H19N/c1-8(9(2)11)6-7-10-4-3-5-10/h6,9-10H,3-5,7,11H2,1-2H3/b8-6+. The van der Waals surface area contributed by atoms with Gasteiger partial charge in [0.1, 0.15) is 0 Å². The van der Waals surface area contributed by atoms with Gasteiger partial charge in [0.2, 0.25) is 0 Å². The van der Waals surface area contributed by atoms with Gasteiger partial charge in [-0.25, -0.2) is 0 Å². The third-order valence-corrected chi connectivity index (χ3v) is 2.72. The molecular formula is C10H19N. The van der Waals surface area contributed by atoms with E-state index in [0.29, 0.717) is 0 Å². The zero-order chi connectivity index (χ0) is 8.27. The van der Waals surface area contributed by atoms with E-state index >= 15 is 0 Å². The highest BCUT2D eigenvalue weighted by molar-refractivity contribution is 5.05. The highest BCUT2D eigenvalue weighted by Gasteiger charge is 2.15. The Balaban J connectivity index is 2.21. The van der Waals surface area contributed by atoms with Crippen molar-refractivity contribution in [2.75, 3.05) is 0 Å². The lowest BCUT2D eigenvalue weighted by Gasteiger charge is -2.24. The van der Waals surface area contributed by atoms with E-state index in [4.69, 9.17) is 5.73 Å². The maximum absolute atomic E-state index is 5.71. The average Bonchev–Trinajstić information content (AvgIpc) is 1.83. The third kappa shape index (κ3) is 2.66. The molecule has 0 amide bonds. The first kappa shape index (κ1) is 8.79. The smallest absolute Gasteiger partial charge is 0.0222 e. The van der Waals surface area contributed by atoms with Gasteiger partial charge in [0.15, 0.2) is 0 Å². The van der Waals surface area contributed by atoms with E-state index in [1.54, 1.807) is 0 Å². The fourth-order valence-corrected chi connectivity index (χ4v) is 1.27. The van der Waals surface area contributed by atoms with Crippen LogP contribution in [0.2, 0.25) is 0 Å². The molecule has 1 unspecified atom stereocenters. The summed E-state index contributed by atoms with van der Waals surface area (Å²) in [4.78, 5) is 0. The van der Waals surface area contributed by atoms with E-state index in [9.17, 15) is 0 Å². The minimum Gasteiger partial charge on any atom is -0.324 e. The molecule has 1 rings (SSSR count). The molecule has 1 nitrogen and oxygen atoms in total. The molecule has 0 aromatic heterocycles. The molecule has 1 fully saturated rings. The third-order valence-electron chi connectivity index (χ3n) is 2.72. The molecule has 0 heterocycles. The van der Waals surface area contributed by atoms with E-state index < -0.39 is 0 Å².